The average molecular weight is 547 g/mol. The first kappa shape index (κ1) is 29.9. The lowest BCUT2D eigenvalue weighted by atomic mass is 10.1. The zero-order valence-electron chi connectivity index (χ0n) is 23.5. The van der Waals surface area contributed by atoms with Gasteiger partial charge in [0, 0.05) is 53.0 Å². The molecular formula is C28H42N4O5S. The van der Waals surface area contributed by atoms with Crippen LogP contribution in [-0.2, 0) is 32.5 Å². The van der Waals surface area contributed by atoms with Crippen molar-refractivity contribution in [1.82, 2.24) is 14.7 Å². The number of amides is 1. The number of sulfonamides is 1. The van der Waals surface area contributed by atoms with Crippen molar-refractivity contribution in [3.8, 4) is 5.75 Å². The van der Waals surface area contributed by atoms with Gasteiger partial charge >= 0.3 is 0 Å². The second-order valence-corrected chi connectivity index (χ2v) is 12.0. The summed E-state index contributed by atoms with van der Waals surface area (Å²) in [6, 6.07) is 11.8. The number of hydroxylamine groups is 1. The minimum Gasteiger partial charge on any atom is -0.409 e. The Hall–Kier alpha value is -2.66. The number of aryl methyl sites for hydroxylation is 2. The van der Waals surface area contributed by atoms with Gasteiger partial charge in [0.1, 0.15) is 12.4 Å². The van der Waals surface area contributed by atoms with Crippen molar-refractivity contribution in [2.45, 2.75) is 45.1 Å². The number of carbonyl (C=O) groups is 1. The van der Waals surface area contributed by atoms with E-state index in [0.717, 1.165) is 24.6 Å². The topological polar surface area (TPSA) is 91.4 Å². The number of benzene rings is 2. The summed E-state index contributed by atoms with van der Waals surface area (Å²) >= 11 is 0. The van der Waals surface area contributed by atoms with Gasteiger partial charge in [-0.1, -0.05) is 26.0 Å². The molecule has 1 fully saturated rings. The van der Waals surface area contributed by atoms with Crippen molar-refractivity contribution in [3.63, 3.8) is 0 Å². The molecule has 0 saturated carbocycles. The Balaban J connectivity index is 1.48. The average Bonchev–Trinajstić information content (AvgIpc) is 3.32. The standard InChI is InChI=1S/C28H42N4O5S/c1-7-24-17-26(37-29-4)16-22(3)28(24)38(34,35)31(6)14-15-36-20-27(33)30(5)19-23-8-10-25(11-9-23)32-13-12-21(2)18-32/h8-11,16-17,21,29H,7,12-15,18-20H2,1-6H3. The quantitative estimate of drug-likeness (QED) is 0.305. The second kappa shape index (κ2) is 13.4. The van der Waals surface area contributed by atoms with Gasteiger partial charge in [-0.15, -0.1) is 0 Å². The maximum atomic E-state index is 13.3. The van der Waals surface area contributed by atoms with Crippen LogP contribution in [0.4, 0.5) is 5.69 Å². The third kappa shape index (κ3) is 7.47. The number of nitrogens with zero attached hydrogens (tertiary/aromatic N) is 3. The lowest BCUT2D eigenvalue weighted by Crippen LogP contribution is -2.34. The van der Waals surface area contributed by atoms with Crippen molar-refractivity contribution in [3.05, 3.63) is 53.1 Å². The van der Waals surface area contributed by atoms with E-state index < -0.39 is 10.0 Å². The van der Waals surface area contributed by atoms with Crippen molar-refractivity contribution in [2.24, 2.45) is 5.92 Å². The van der Waals surface area contributed by atoms with Gasteiger partial charge < -0.3 is 19.4 Å². The summed E-state index contributed by atoms with van der Waals surface area (Å²) in [5.74, 6) is 1.13. The molecule has 1 saturated heterocycles. The molecule has 38 heavy (non-hydrogen) atoms. The number of hydrogen-bond acceptors (Lipinski definition) is 7. The van der Waals surface area contributed by atoms with E-state index in [1.54, 1.807) is 38.1 Å². The van der Waals surface area contributed by atoms with Crippen LogP contribution in [0.15, 0.2) is 41.3 Å². The maximum Gasteiger partial charge on any atom is 0.248 e. The molecule has 210 valence electrons. The van der Waals surface area contributed by atoms with Crippen LogP contribution >= 0.6 is 0 Å². The first-order valence-electron chi connectivity index (χ1n) is 13.2. The molecule has 2 aromatic carbocycles. The zero-order chi connectivity index (χ0) is 27.9. The number of hydrogen-bond donors (Lipinski definition) is 1. The zero-order valence-corrected chi connectivity index (χ0v) is 24.3. The summed E-state index contributed by atoms with van der Waals surface area (Å²) in [5.41, 5.74) is 6.18. The Kier molecular flexibility index (Phi) is 10.6. The molecule has 0 spiro atoms. The predicted molar refractivity (Wildman–Crippen MR) is 150 cm³/mol. The molecule has 1 aliphatic heterocycles. The number of likely N-dealkylation sites (N-methyl/N-ethyl adjacent to an activating group) is 2. The summed E-state index contributed by atoms with van der Waals surface area (Å²) in [7, 11) is 1.18. The first-order chi connectivity index (χ1) is 18.1. The molecule has 0 aliphatic carbocycles. The summed E-state index contributed by atoms with van der Waals surface area (Å²) < 4.78 is 33.4. The number of ether oxygens (including phenoxy) is 1. The Morgan fingerprint density at radius 3 is 2.50 bits per heavy atom. The third-order valence-electron chi connectivity index (χ3n) is 6.94. The molecule has 0 aromatic heterocycles. The lowest BCUT2D eigenvalue weighted by molar-refractivity contribution is -0.135. The normalized spacial score (nSPS) is 15.8. The predicted octanol–water partition coefficient (Wildman–Crippen LogP) is 3.21. The highest BCUT2D eigenvalue weighted by molar-refractivity contribution is 7.89. The van der Waals surface area contributed by atoms with E-state index in [0.29, 0.717) is 29.8 Å². The fraction of sp³-hybridized carbons (Fsp3) is 0.536. The molecule has 0 radical (unpaired) electrons. The molecule has 1 aliphatic rings. The molecule has 1 unspecified atom stereocenters. The number of rotatable bonds is 13. The molecule has 1 amide bonds. The Morgan fingerprint density at radius 1 is 1.18 bits per heavy atom. The van der Waals surface area contributed by atoms with Crippen molar-refractivity contribution in [1.29, 1.82) is 0 Å². The van der Waals surface area contributed by atoms with E-state index in [9.17, 15) is 13.2 Å². The van der Waals surface area contributed by atoms with Gasteiger partial charge in [-0.25, -0.2) is 8.42 Å². The number of anilines is 1. The van der Waals surface area contributed by atoms with Crippen LogP contribution in [0.2, 0.25) is 0 Å². The fourth-order valence-electron chi connectivity index (χ4n) is 4.70. The van der Waals surface area contributed by atoms with Crippen LogP contribution in [0.3, 0.4) is 0 Å². The Labute approximate surface area is 227 Å². The minimum absolute atomic E-state index is 0.108. The van der Waals surface area contributed by atoms with E-state index in [-0.39, 0.29) is 30.6 Å². The van der Waals surface area contributed by atoms with Gasteiger partial charge in [0.25, 0.3) is 0 Å². The molecule has 9 nitrogen and oxygen atoms in total. The Bertz CT molecular complexity index is 1190. The van der Waals surface area contributed by atoms with Gasteiger partial charge in [-0.05, 0) is 66.6 Å². The van der Waals surface area contributed by atoms with Crippen LogP contribution in [0.1, 0.15) is 37.0 Å². The summed E-state index contributed by atoms with van der Waals surface area (Å²) in [5, 5.41) is 0. The van der Waals surface area contributed by atoms with Crippen molar-refractivity contribution < 1.29 is 22.8 Å². The van der Waals surface area contributed by atoms with Crippen LogP contribution < -0.4 is 15.2 Å². The van der Waals surface area contributed by atoms with E-state index in [2.05, 4.69) is 41.6 Å². The molecule has 0 bridgehead atoms. The van der Waals surface area contributed by atoms with Crippen LogP contribution in [0, 0.1) is 12.8 Å². The van der Waals surface area contributed by atoms with Crippen LogP contribution in [-0.4, -0.2) is 77.5 Å². The van der Waals surface area contributed by atoms with Crippen molar-refractivity contribution in [2.75, 3.05) is 58.9 Å². The Morgan fingerprint density at radius 2 is 1.89 bits per heavy atom. The van der Waals surface area contributed by atoms with Gasteiger partial charge in [0.05, 0.1) is 11.5 Å². The van der Waals surface area contributed by atoms with E-state index >= 15 is 0 Å². The summed E-state index contributed by atoms with van der Waals surface area (Å²) in [6.45, 7) is 8.73. The molecule has 1 heterocycles. The maximum absolute atomic E-state index is 13.3. The smallest absolute Gasteiger partial charge is 0.248 e. The number of carbonyl (C=O) groups excluding carboxylic acids is 1. The minimum atomic E-state index is -3.74. The molecule has 1 atom stereocenters. The van der Waals surface area contributed by atoms with Crippen molar-refractivity contribution >= 4 is 21.6 Å². The van der Waals surface area contributed by atoms with Crippen LogP contribution in [0.25, 0.3) is 0 Å². The summed E-state index contributed by atoms with van der Waals surface area (Å²) in [4.78, 5) is 22.2. The third-order valence-corrected chi connectivity index (χ3v) is 9.04. The highest BCUT2D eigenvalue weighted by Crippen LogP contribution is 2.29. The number of nitrogens with one attached hydrogen (secondary N) is 1. The summed E-state index contributed by atoms with van der Waals surface area (Å²) in [6.07, 6.45) is 1.77. The lowest BCUT2D eigenvalue weighted by Gasteiger charge is -2.22. The van der Waals surface area contributed by atoms with Gasteiger partial charge in [-0.2, -0.15) is 9.79 Å². The molecule has 2 aromatic rings. The highest BCUT2D eigenvalue weighted by atomic mass is 32.2. The van der Waals surface area contributed by atoms with Gasteiger partial charge in [0.15, 0.2) is 0 Å². The monoisotopic (exact) mass is 546 g/mol. The second-order valence-electron chi connectivity index (χ2n) is 10.0. The molecule has 1 N–H and O–H groups in total. The highest BCUT2D eigenvalue weighted by Gasteiger charge is 2.26. The van der Waals surface area contributed by atoms with Gasteiger partial charge in [0.2, 0.25) is 15.9 Å². The van der Waals surface area contributed by atoms with E-state index in [4.69, 9.17) is 9.57 Å². The SMILES string of the molecule is CCc1cc(ONC)cc(C)c1S(=O)(=O)N(C)CCOCC(=O)N(C)Cc1ccc(N2CCC(C)C2)cc1. The van der Waals surface area contributed by atoms with E-state index in [1.165, 1.54) is 23.5 Å². The van der Waals surface area contributed by atoms with Crippen LogP contribution in [0.5, 0.6) is 5.75 Å². The molecular weight excluding hydrogens is 504 g/mol. The first-order valence-corrected chi connectivity index (χ1v) is 14.6. The fourth-order valence-corrected chi connectivity index (χ4v) is 6.33. The largest absolute Gasteiger partial charge is 0.409 e. The molecule has 10 heteroatoms. The van der Waals surface area contributed by atoms with E-state index in [1.807, 2.05) is 6.92 Å². The molecule has 3 rings (SSSR count). The van der Waals surface area contributed by atoms with Gasteiger partial charge in [-0.3, -0.25) is 4.79 Å².